The fourth-order valence-corrected chi connectivity index (χ4v) is 2.91. The van der Waals surface area contributed by atoms with E-state index in [1.165, 1.54) is 58.5 Å². The van der Waals surface area contributed by atoms with Crippen molar-refractivity contribution in [3.8, 4) is 0 Å². The predicted molar refractivity (Wildman–Crippen MR) is 104 cm³/mol. The molecule has 2 aromatic heterocycles. The predicted octanol–water partition coefficient (Wildman–Crippen LogP) is 2.60. The first-order chi connectivity index (χ1) is 11.8. The lowest BCUT2D eigenvalue weighted by atomic mass is 10.1. The summed E-state index contributed by atoms with van der Waals surface area (Å²) >= 11 is 0. The Kier molecular flexibility index (Phi) is 7.41. The van der Waals surface area contributed by atoms with Crippen LogP contribution in [0.15, 0.2) is 30.9 Å². The van der Waals surface area contributed by atoms with Crippen LogP contribution in [-0.2, 0) is 0 Å². The normalized spacial score (nSPS) is 14.1. The minimum atomic E-state index is 1.17. The van der Waals surface area contributed by atoms with Crippen molar-refractivity contribution in [2.75, 3.05) is 0 Å². The van der Waals surface area contributed by atoms with Gasteiger partial charge in [-0.2, -0.15) is 0 Å². The maximum atomic E-state index is 4.19. The van der Waals surface area contributed by atoms with Gasteiger partial charge in [-0.3, -0.25) is 9.97 Å². The molecule has 4 rings (SSSR count). The molecule has 2 aromatic rings. The number of aryl methyl sites for hydroxylation is 1. The Hall–Kier alpha value is -2.22. The third kappa shape index (κ3) is 4.89. The Labute approximate surface area is 145 Å². The number of pyridine rings is 2. The van der Waals surface area contributed by atoms with Gasteiger partial charge in [0.25, 0.3) is 0 Å². The molecule has 2 aliphatic carbocycles. The Morgan fingerprint density at radius 3 is 2.17 bits per heavy atom. The third-order valence-electron chi connectivity index (χ3n) is 4.12. The summed E-state index contributed by atoms with van der Waals surface area (Å²) in [5, 5.41) is 5.32. The minimum Gasteiger partial charge on any atom is -0.264 e. The number of hydrogen-bond donors (Lipinski definition) is 0. The maximum Gasteiger partial charge on any atom is 0.0343 e. The summed E-state index contributed by atoms with van der Waals surface area (Å²) in [5.74, 6) is 0. The van der Waals surface area contributed by atoms with E-state index < -0.39 is 0 Å². The van der Waals surface area contributed by atoms with Crippen molar-refractivity contribution < 1.29 is 0 Å². The largest absolute Gasteiger partial charge is 0.264 e. The molecular weight excluding hydrogens is 292 g/mol. The van der Waals surface area contributed by atoms with E-state index in [0.29, 0.717) is 0 Å². The van der Waals surface area contributed by atoms with Gasteiger partial charge < -0.3 is 0 Å². The van der Waals surface area contributed by atoms with E-state index >= 15 is 0 Å². The quantitative estimate of drug-likeness (QED) is 0.746. The highest BCUT2D eigenvalue weighted by Crippen LogP contribution is 1.99. The average molecular weight is 320 g/mol. The molecule has 0 N–H and O–H groups in total. The molecule has 2 heterocycles. The lowest BCUT2D eigenvalue weighted by molar-refractivity contribution is 0.924. The first-order valence-electron chi connectivity index (χ1n) is 9.06. The van der Waals surface area contributed by atoms with Crippen LogP contribution < -0.4 is 20.9 Å². The van der Waals surface area contributed by atoms with Crippen LogP contribution in [0.3, 0.4) is 0 Å². The standard InChI is InChI=1S/C11H13N.C9H9N.C2H6/c1-9-7-12-8-10-5-3-2-4-6-11(9)10;1-2-4-9-7-10-6-5-8(9)3-1;1-2/h5-8H,2-4H2,1H3;3-7H,1-2H2;1-2H3. The van der Waals surface area contributed by atoms with Gasteiger partial charge in [0, 0.05) is 24.8 Å². The molecule has 0 saturated heterocycles. The first-order valence-corrected chi connectivity index (χ1v) is 9.06. The van der Waals surface area contributed by atoms with Crippen LogP contribution in [0.4, 0.5) is 0 Å². The van der Waals surface area contributed by atoms with E-state index in [9.17, 15) is 0 Å². The van der Waals surface area contributed by atoms with Gasteiger partial charge in [-0.15, -0.1) is 0 Å². The zero-order valence-corrected chi connectivity index (χ0v) is 15.1. The van der Waals surface area contributed by atoms with Crippen LogP contribution in [0, 0.1) is 6.92 Å². The molecule has 0 spiro atoms. The Bertz CT molecular complexity index is 844. The fourth-order valence-electron chi connectivity index (χ4n) is 2.91. The SMILES string of the molecule is C1=c2ccncc2=CCC1.CC.Cc1cncc2c1=CCCCC=2. The first kappa shape index (κ1) is 18.1. The Morgan fingerprint density at radius 2 is 1.38 bits per heavy atom. The molecule has 0 radical (unpaired) electrons. The van der Waals surface area contributed by atoms with Crippen LogP contribution in [0.5, 0.6) is 0 Å². The molecule has 2 nitrogen and oxygen atoms in total. The molecular formula is C22H28N2. The van der Waals surface area contributed by atoms with Gasteiger partial charge in [0.2, 0.25) is 0 Å². The lowest BCUT2D eigenvalue weighted by Crippen LogP contribution is -2.27. The molecule has 0 aromatic carbocycles. The van der Waals surface area contributed by atoms with Crippen molar-refractivity contribution in [2.24, 2.45) is 0 Å². The molecule has 126 valence electrons. The summed E-state index contributed by atoms with van der Waals surface area (Å²) in [7, 11) is 0. The average Bonchev–Trinajstić information content (AvgIpc) is 2.91. The van der Waals surface area contributed by atoms with Crippen molar-refractivity contribution in [1.29, 1.82) is 0 Å². The number of aromatic nitrogens is 2. The maximum absolute atomic E-state index is 4.19. The van der Waals surface area contributed by atoms with Crippen molar-refractivity contribution in [2.45, 2.75) is 52.9 Å². The number of fused-ring (bicyclic) bond motifs is 2. The van der Waals surface area contributed by atoms with Gasteiger partial charge in [0.1, 0.15) is 0 Å². The van der Waals surface area contributed by atoms with Crippen LogP contribution in [0.25, 0.3) is 24.3 Å². The highest BCUT2D eigenvalue weighted by Gasteiger charge is 1.95. The zero-order valence-electron chi connectivity index (χ0n) is 15.1. The second-order valence-electron chi connectivity index (χ2n) is 5.79. The van der Waals surface area contributed by atoms with Crippen LogP contribution >= 0.6 is 0 Å². The number of hydrogen-bond acceptors (Lipinski definition) is 2. The molecule has 0 unspecified atom stereocenters. The monoisotopic (exact) mass is 320 g/mol. The van der Waals surface area contributed by atoms with Crippen molar-refractivity contribution in [3.63, 3.8) is 0 Å². The summed E-state index contributed by atoms with van der Waals surface area (Å²) in [6, 6.07) is 2.06. The van der Waals surface area contributed by atoms with Crippen molar-refractivity contribution in [3.05, 3.63) is 57.3 Å². The molecule has 0 amide bonds. The minimum absolute atomic E-state index is 1.17. The van der Waals surface area contributed by atoms with E-state index in [0.717, 1.165) is 0 Å². The molecule has 2 aliphatic rings. The highest BCUT2D eigenvalue weighted by atomic mass is 14.6. The topological polar surface area (TPSA) is 25.8 Å². The summed E-state index contributed by atoms with van der Waals surface area (Å²) in [6.45, 7) is 6.13. The lowest BCUT2D eigenvalue weighted by Gasteiger charge is -1.96. The van der Waals surface area contributed by atoms with Crippen LogP contribution in [0.2, 0.25) is 0 Å². The summed E-state index contributed by atoms with van der Waals surface area (Å²) < 4.78 is 0. The molecule has 0 aliphatic heterocycles. The molecule has 24 heavy (non-hydrogen) atoms. The van der Waals surface area contributed by atoms with Gasteiger partial charge in [-0.25, -0.2) is 0 Å². The van der Waals surface area contributed by atoms with Crippen molar-refractivity contribution >= 4 is 24.3 Å². The van der Waals surface area contributed by atoms with Gasteiger partial charge in [0.15, 0.2) is 0 Å². The highest BCUT2D eigenvalue weighted by molar-refractivity contribution is 5.37. The summed E-state index contributed by atoms with van der Waals surface area (Å²) in [5.41, 5.74) is 1.30. The smallest absolute Gasteiger partial charge is 0.0343 e. The third-order valence-corrected chi connectivity index (χ3v) is 4.12. The number of nitrogens with zero attached hydrogens (tertiary/aromatic N) is 2. The van der Waals surface area contributed by atoms with Crippen LogP contribution in [0.1, 0.15) is 51.5 Å². The van der Waals surface area contributed by atoms with Crippen LogP contribution in [-0.4, -0.2) is 9.97 Å². The molecule has 0 fully saturated rings. The molecule has 0 bridgehead atoms. The molecule has 0 atom stereocenters. The van der Waals surface area contributed by atoms with E-state index in [1.54, 1.807) is 0 Å². The number of rotatable bonds is 0. The van der Waals surface area contributed by atoms with Crippen molar-refractivity contribution in [1.82, 2.24) is 9.97 Å². The second-order valence-corrected chi connectivity index (χ2v) is 5.79. The van der Waals surface area contributed by atoms with Gasteiger partial charge in [-0.05, 0) is 71.5 Å². The van der Waals surface area contributed by atoms with E-state index in [4.69, 9.17) is 0 Å². The summed E-state index contributed by atoms with van der Waals surface area (Å²) in [4.78, 5) is 8.23. The Morgan fingerprint density at radius 1 is 0.708 bits per heavy atom. The Balaban J connectivity index is 0.000000160. The fraction of sp³-hybridized carbons (Fsp3) is 0.364. The van der Waals surface area contributed by atoms with E-state index in [2.05, 4.69) is 47.3 Å². The van der Waals surface area contributed by atoms with Gasteiger partial charge in [-0.1, -0.05) is 38.2 Å². The second kappa shape index (κ2) is 9.82. The van der Waals surface area contributed by atoms with Gasteiger partial charge >= 0.3 is 0 Å². The summed E-state index contributed by atoms with van der Waals surface area (Å²) in [6.07, 6.45) is 22.8. The van der Waals surface area contributed by atoms with E-state index in [1.807, 2.05) is 38.6 Å². The molecule has 2 heteroatoms. The van der Waals surface area contributed by atoms with Gasteiger partial charge in [0.05, 0.1) is 0 Å². The van der Waals surface area contributed by atoms with E-state index in [-0.39, 0.29) is 0 Å². The molecule has 0 saturated carbocycles. The zero-order chi connectivity index (χ0) is 17.2.